The monoisotopic (exact) mass is 433 g/mol. The molecule has 0 aliphatic heterocycles. The SMILES string of the molecule is COc1cc(CNCCc2ccccc2)c(Cl)cc1OCc1ccc(F)cc1Cl. The second kappa shape index (κ2) is 10.5. The highest BCUT2D eigenvalue weighted by Crippen LogP contribution is 2.34. The molecule has 3 rings (SSSR count). The van der Waals surface area contributed by atoms with E-state index in [1.54, 1.807) is 19.2 Å². The smallest absolute Gasteiger partial charge is 0.163 e. The molecular formula is C23H22Cl2FNO2. The minimum absolute atomic E-state index is 0.181. The molecule has 0 aliphatic carbocycles. The maximum absolute atomic E-state index is 13.2. The lowest BCUT2D eigenvalue weighted by atomic mass is 10.1. The fourth-order valence-electron chi connectivity index (χ4n) is 2.88. The van der Waals surface area contributed by atoms with Crippen LogP contribution in [0.2, 0.25) is 10.0 Å². The van der Waals surface area contributed by atoms with Crippen LogP contribution < -0.4 is 14.8 Å². The lowest BCUT2D eigenvalue weighted by Crippen LogP contribution is -2.17. The van der Waals surface area contributed by atoms with Crippen LogP contribution in [-0.4, -0.2) is 13.7 Å². The van der Waals surface area contributed by atoms with Gasteiger partial charge in [-0.15, -0.1) is 0 Å². The Morgan fingerprint density at radius 3 is 2.38 bits per heavy atom. The molecule has 0 heterocycles. The van der Waals surface area contributed by atoms with Gasteiger partial charge >= 0.3 is 0 Å². The van der Waals surface area contributed by atoms with Crippen molar-refractivity contribution in [3.8, 4) is 11.5 Å². The Balaban J connectivity index is 1.60. The minimum Gasteiger partial charge on any atom is -0.493 e. The minimum atomic E-state index is -0.386. The van der Waals surface area contributed by atoms with Gasteiger partial charge in [0.25, 0.3) is 0 Å². The third-order valence-corrected chi connectivity index (χ3v) is 5.18. The third kappa shape index (κ3) is 6.10. The van der Waals surface area contributed by atoms with E-state index >= 15 is 0 Å². The van der Waals surface area contributed by atoms with Crippen molar-refractivity contribution in [2.75, 3.05) is 13.7 Å². The van der Waals surface area contributed by atoms with Crippen LogP contribution in [-0.2, 0) is 19.6 Å². The van der Waals surface area contributed by atoms with Gasteiger partial charge in [-0.1, -0.05) is 59.6 Å². The highest BCUT2D eigenvalue weighted by atomic mass is 35.5. The van der Waals surface area contributed by atoms with Crippen LogP contribution in [0.3, 0.4) is 0 Å². The molecule has 3 aromatic carbocycles. The van der Waals surface area contributed by atoms with Crippen molar-refractivity contribution < 1.29 is 13.9 Å². The van der Waals surface area contributed by atoms with Crippen molar-refractivity contribution in [1.82, 2.24) is 5.32 Å². The van der Waals surface area contributed by atoms with Gasteiger partial charge in [-0.05, 0) is 42.3 Å². The lowest BCUT2D eigenvalue weighted by Gasteiger charge is -2.15. The Bertz CT molecular complexity index is 951. The second-order valence-corrected chi connectivity index (χ2v) is 7.35. The summed E-state index contributed by atoms with van der Waals surface area (Å²) in [6.45, 7) is 1.64. The molecular weight excluding hydrogens is 412 g/mol. The topological polar surface area (TPSA) is 30.5 Å². The molecule has 0 amide bonds. The Morgan fingerprint density at radius 2 is 1.66 bits per heavy atom. The van der Waals surface area contributed by atoms with E-state index in [9.17, 15) is 4.39 Å². The first-order valence-corrected chi connectivity index (χ1v) is 10.00. The summed E-state index contributed by atoms with van der Waals surface area (Å²) in [5, 5.41) is 4.29. The van der Waals surface area contributed by atoms with Crippen LogP contribution in [0.4, 0.5) is 4.39 Å². The maximum Gasteiger partial charge on any atom is 0.163 e. The fraction of sp³-hybridized carbons (Fsp3) is 0.217. The van der Waals surface area contributed by atoms with Crippen molar-refractivity contribution in [3.05, 3.63) is 93.2 Å². The first kappa shape index (κ1) is 21.4. The molecule has 0 saturated heterocycles. The van der Waals surface area contributed by atoms with Crippen LogP contribution in [0.25, 0.3) is 0 Å². The van der Waals surface area contributed by atoms with Gasteiger partial charge in [0.1, 0.15) is 12.4 Å². The Morgan fingerprint density at radius 1 is 0.897 bits per heavy atom. The van der Waals surface area contributed by atoms with Gasteiger partial charge in [0.2, 0.25) is 0 Å². The van der Waals surface area contributed by atoms with Gasteiger partial charge in [0.05, 0.1) is 12.1 Å². The zero-order valence-corrected chi connectivity index (χ0v) is 17.6. The van der Waals surface area contributed by atoms with Crippen molar-refractivity contribution in [3.63, 3.8) is 0 Å². The van der Waals surface area contributed by atoms with Crippen LogP contribution >= 0.6 is 23.2 Å². The molecule has 3 nitrogen and oxygen atoms in total. The molecule has 0 aliphatic rings. The van der Waals surface area contributed by atoms with Crippen molar-refractivity contribution >= 4 is 23.2 Å². The molecule has 0 atom stereocenters. The van der Waals surface area contributed by atoms with E-state index in [0.29, 0.717) is 33.7 Å². The number of ether oxygens (including phenoxy) is 2. The number of benzene rings is 3. The Labute approximate surface area is 180 Å². The van der Waals surface area contributed by atoms with E-state index in [1.165, 1.54) is 17.7 Å². The zero-order chi connectivity index (χ0) is 20.6. The van der Waals surface area contributed by atoms with Crippen LogP contribution in [0.15, 0.2) is 60.7 Å². The molecule has 1 N–H and O–H groups in total. The molecule has 6 heteroatoms. The second-order valence-electron chi connectivity index (χ2n) is 6.53. The van der Waals surface area contributed by atoms with E-state index in [0.717, 1.165) is 18.5 Å². The third-order valence-electron chi connectivity index (χ3n) is 4.48. The van der Waals surface area contributed by atoms with Gasteiger partial charge in [-0.25, -0.2) is 4.39 Å². The van der Waals surface area contributed by atoms with Crippen molar-refractivity contribution in [2.45, 2.75) is 19.6 Å². The van der Waals surface area contributed by atoms with Crippen molar-refractivity contribution in [2.24, 2.45) is 0 Å². The predicted molar refractivity (Wildman–Crippen MR) is 116 cm³/mol. The summed E-state index contributed by atoms with van der Waals surface area (Å²) >= 11 is 12.5. The van der Waals surface area contributed by atoms with Gasteiger partial charge in [-0.2, -0.15) is 0 Å². The van der Waals surface area contributed by atoms with Gasteiger partial charge < -0.3 is 14.8 Å². The Kier molecular flexibility index (Phi) is 7.76. The molecule has 0 saturated carbocycles. The molecule has 152 valence electrons. The molecule has 0 spiro atoms. The summed E-state index contributed by atoms with van der Waals surface area (Å²) in [5.74, 6) is 0.696. The summed E-state index contributed by atoms with van der Waals surface area (Å²) in [6, 6.07) is 18.1. The van der Waals surface area contributed by atoms with E-state index in [-0.39, 0.29) is 12.4 Å². The average Bonchev–Trinajstić information content (AvgIpc) is 2.72. The van der Waals surface area contributed by atoms with Crippen LogP contribution in [0, 0.1) is 5.82 Å². The largest absolute Gasteiger partial charge is 0.493 e. The maximum atomic E-state index is 13.2. The van der Waals surface area contributed by atoms with E-state index in [1.807, 2.05) is 24.3 Å². The Hall–Kier alpha value is -2.27. The van der Waals surface area contributed by atoms with Gasteiger partial charge in [0, 0.05) is 23.2 Å². The average molecular weight is 434 g/mol. The molecule has 0 bridgehead atoms. The molecule has 0 unspecified atom stereocenters. The quantitative estimate of drug-likeness (QED) is 0.416. The number of hydrogen-bond donors (Lipinski definition) is 1. The summed E-state index contributed by atoms with van der Waals surface area (Å²) < 4.78 is 24.4. The van der Waals surface area contributed by atoms with E-state index in [4.69, 9.17) is 32.7 Å². The van der Waals surface area contributed by atoms with Crippen LogP contribution in [0.1, 0.15) is 16.7 Å². The molecule has 3 aromatic rings. The molecule has 0 aromatic heterocycles. The fourth-order valence-corrected chi connectivity index (χ4v) is 3.32. The predicted octanol–water partition coefficient (Wildman–Crippen LogP) is 6.05. The highest BCUT2D eigenvalue weighted by molar-refractivity contribution is 6.31. The number of rotatable bonds is 9. The number of halogens is 3. The summed E-state index contributed by atoms with van der Waals surface area (Å²) in [5.41, 5.74) is 2.88. The van der Waals surface area contributed by atoms with Crippen molar-refractivity contribution in [1.29, 1.82) is 0 Å². The lowest BCUT2D eigenvalue weighted by molar-refractivity contribution is 0.284. The number of nitrogens with one attached hydrogen (secondary N) is 1. The number of methoxy groups -OCH3 is 1. The first-order valence-electron chi connectivity index (χ1n) is 9.24. The van der Waals surface area contributed by atoms with E-state index < -0.39 is 0 Å². The van der Waals surface area contributed by atoms with Gasteiger partial charge in [-0.3, -0.25) is 0 Å². The highest BCUT2D eigenvalue weighted by Gasteiger charge is 2.12. The standard InChI is InChI=1S/C23H22Cl2FNO2/c1-28-22-11-18(14-27-10-9-16-5-3-2-4-6-16)21(25)13-23(22)29-15-17-7-8-19(26)12-20(17)24/h2-8,11-13,27H,9-10,14-15H2,1H3. The first-order chi connectivity index (χ1) is 14.1. The van der Waals surface area contributed by atoms with Crippen LogP contribution in [0.5, 0.6) is 11.5 Å². The molecule has 0 radical (unpaired) electrons. The zero-order valence-electron chi connectivity index (χ0n) is 16.1. The molecule has 0 fully saturated rings. The van der Waals surface area contributed by atoms with E-state index in [2.05, 4.69) is 17.4 Å². The summed E-state index contributed by atoms with van der Waals surface area (Å²) in [7, 11) is 1.58. The summed E-state index contributed by atoms with van der Waals surface area (Å²) in [4.78, 5) is 0. The molecule has 29 heavy (non-hydrogen) atoms. The summed E-state index contributed by atoms with van der Waals surface area (Å²) in [6.07, 6.45) is 0.940. The van der Waals surface area contributed by atoms with Gasteiger partial charge in [0.15, 0.2) is 11.5 Å². The normalized spacial score (nSPS) is 10.8. The number of hydrogen-bond acceptors (Lipinski definition) is 3.